The van der Waals surface area contributed by atoms with Crippen LogP contribution in [-0.4, -0.2) is 10.9 Å². The molecule has 1 heterocycles. The van der Waals surface area contributed by atoms with Crippen molar-refractivity contribution in [3.05, 3.63) is 52.8 Å². The molecule has 0 aliphatic heterocycles. The number of rotatable bonds is 2. The molecule has 0 radical (unpaired) electrons. The molecule has 3 nitrogen and oxygen atoms in total. The van der Waals surface area contributed by atoms with Crippen LogP contribution in [0.1, 0.15) is 16.1 Å². The number of carbonyl (C=O) groups is 1. The number of amides is 1. The first-order chi connectivity index (χ1) is 7.66. The van der Waals surface area contributed by atoms with Crippen LogP contribution < -0.4 is 5.32 Å². The molecule has 0 bridgehead atoms. The Morgan fingerprint density at radius 2 is 2.19 bits per heavy atom. The summed E-state index contributed by atoms with van der Waals surface area (Å²) < 4.78 is 0. The van der Waals surface area contributed by atoms with Gasteiger partial charge in [0.2, 0.25) is 0 Å². The van der Waals surface area contributed by atoms with Crippen molar-refractivity contribution in [2.24, 2.45) is 0 Å². The van der Waals surface area contributed by atoms with Crippen molar-refractivity contribution in [2.75, 3.05) is 5.32 Å². The number of benzene rings is 1. The number of aromatic nitrogens is 1. The first-order valence-corrected chi connectivity index (χ1v) is 5.25. The van der Waals surface area contributed by atoms with Crippen LogP contribution in [0.2, 0.25) is 5.02 Å². The predicted octanol–water partition coefficient (Wildman–Crippen LogP) is 3.23. The fourth-order valence-corrected chi connectivity index (χ4v) is 1.52. The molecule has 0 saturated carbocycles. The normalized spacial score (nSPS) is 10.1. The standard InChI is InChI=1S/C12H11ClN2O/c1-8-4-5-9(7-10(8)13)15-12(16)11-3-2-6-14-11/h2-7,14H,1H3,(H,15,16). The van der Waals surface area contributed by atoms with Crippen molar-refractivity contribution in [2.45, 2.75) is 6.92 Å². The van der Waals surface area contributed by atoms with Gasteiger partial charge in [-0.15, -0.1) is 0 Å². The Balaban J connectivity index is 2.15. The van der Waals surface area contributed by atoms with Crippen molar-refractivity contribution in [3.8, 4) is 0 Å². The average molecular weight is 235 g/mol. The highest BCUT2D eigenvalue weighted by Crippen LogP contribution is 2.20. The molecule has 2 rings (SSSR count). The molecular weight excluding hydrogens is 224 g/mol. The van der Waals surface area contributed by atoms with Gasteiger partial charge in [-0.1, -0.05) is 17.7 Å². The van der Waals surface area contributed by atoms with Gasteiger partial charge >= 0.3 is 0 Å². The second-order valence-corrected chi connectivity index (χ2v) is 3.91. The van der Waals surface area contributed by atoms with Crippen molar-refractivity contribution in [1.82, 2.24) is 4.98 Å². The zero-order valence-corrected chi connectivity index (χ0v) is 9.51. The van der Waals surface area contributed by atoms with E-state index in [1.54, 1.807) is 24.4 Å². The lowest BCUT2D eigenvalue weighted by Gasteiger charge is -2.05. The van der Waals surface area contributed by atoms with Gasteiger partial charge in [-0.05, 0) is 36.8 Å². The number of carbonyl (C=O) groups excluding carboxylic acids is 1. The molecule has 82 valence electrons. The Morgan fingerprint density at radius 3 is 2.81 bits per heavy atom. The lowest BCUT2D eigenvalue weighted by Crippen LogP contribution is -2.12. The van der Waals surface area contributed by atoms with Crippen molar-refractivity contribution in [1.29, 1.82) is 0 Å². The van der Waals surface area contributed by atoms with Gasteiger partial charge < -0.3 is 10.3 Å². The highest BCUT2D eigenvalue weighted by Gasteiger charge is 2.06. The molecule has 0 fully saturated rings. The molecule has 1 aromatic heterocycles. The number of nitrogens with one attached hydrogen (secondary N) is 2. The average Bonchev–Trinajstić information content (AvgIpc) is 2.77. The predicted molar refractivity (Wildman–Crippen MR) is 64.9 cm³/mol. The summed E-state index contributed by atoms with van der Waals surface area (Å²) in [4.78, 5) is 14.5. The number of aromatic amines is 1. The van der Waals surface area contributed by atoms with Crippen LogP contribution in [0.4, 0.5) is 5.69 Å². The van der Waals surface area contributed by atoms with E-state index in [1.165, 1.54) is 0 Å². The smallest absolute Gasteiger partial charge is 0.272 e. The number of hydrogen-bond donors (Lipinski definition) is 2. The van der Waals surface area contributed by atoms with E-state index in [0.717, 1.165) is 5.56 Å². The zero-order valence-electron chi connectivity index (χ0n) is 8.75. The second kappa shape index (κ2) is 4.41. The van der Waals surface area contributed by atoms with Crippen molar-refractivity contribution >= 4 is 23.2 Å². The Hall–Kier alpha value is -1.74. The Labute approximate surface area is 98.4 Å². The van der Waals surface area contributed by atoms with E-state index in [0.29, 0.717) is 16.4 Å². The maximum Gasteiger partial charge on any atom is 0.272 e. The topological polar surface area (TPSA) is 44.9 Å². The number of H-pyrrole nitrogens is 1. The maximum atomic E-state index is 11.7. The van der Waals surface area contributed by atoms with Crippen LogP contribution in [0.25, 0.3) is 0 Å². The quantitative estimate of drug-likeness (QED) is 0.823. The molecule has 0 spiro atoms. The van der Waals surface area contributed by atoms with Crippen molar-refractivity contribution < 1.29 is 4.79 Å². The third kappa shape index (κ3) is 2.25. The van der Waals surface area contributed by atoms with E-state index < -0.39 is 0 Å². The third-order valence-corrected chi connectivity index (χ3v) is 2.68. The molecule has 1 amide bonds. The lowest BCUT2D eigenvalue weighted by molar-refractivity contribution is 0.102. The highest BCUT2D eigenvalue weighted by molar-refractivity contribution is 6.31. The van der Waals surface area contributed by atoms with Gasteiger partial charge in [0.1, 0.15) is 5.69 Å². The largest absolute Gasteiger partial charge is 0.357 e. The van der Waals surface area contributed by atoms with E-state index in [4.69, 9.17) is 11.6 Å². The summed E-state index contributed by atoms with van der Waals surface area (Å²) in [7, 11) is 0. The molecule has 0 atom stereocenters. The van der Waals surface area contributed by atoms with Crippen LogP contribution >= 0.6 is 11.6 Å². The van der Waals surface area contributed by atoms with Crippen molar-refractivity contribution in [3.63, 3.8) is 0 Å². The summed E-state index contributed by atoms with van der Waals surface area (Å²) in [6.45, 7) is 1.92. The van der Waals surface area contributed by atoms with E-state index in [9.17, 15) is 4.79 Å². The molecule has 0 aliphatic rings. The van der Waals surface area contributed by atoms with Crippen LogP contribution in [-0.2, 0) is 0 Å². The summed E-state index contributed by atoms with van der Waals surface area (Å²) in [6.07, 6.45) is 1.71. The third-order valence-electron chi connectivity index (χ3n) is 2.27. The minimum absolute atomic E-state index is 0.176. The van der Waals surface area contributed by atoms with E-state index in [2.05, 4.69) is 10.3 Å². The summed E-state index contributed by atoms with van der Waals surface area (Å²) >= 11 is 5.96. The molecule has 16 heavy (non-hydrogen) atoms. The van der Waals surface area contributed by atoms with Gasteiger partial charge in [-0.2, -0.15) is 0 Å². The number of aryl methyl sites for hydroxylation is 1. The first-order valence-electron chi connectivity index (χ1n) is 4.88. The number of anilines is 1. The minimum Gasteiger partial charge on any atom is -0.357 e. The van der Waals surface area contributed by atoms with Crippen LogP contribution in [0, 0.1) is 6.92 Å². The van der Waals surface area contributed by atoms with Crippen LogP contribution in [0.3, 0.4) is 0 Å². The molecule has 1 aromatic carbocycles. The molecular formula is C12H11ClN2O. The summed E-state index contributed by atoms with van der Waals surface area (Å²) in [5, 5.41) is 3.40. The van der Waals surface area contributed by atoms with Crippen LogP contribution in [0.5, 0.6) is 0 Å². The number of hydrogen-bond acceptors (Lipinski definition) is 1. The molecule has 0 aliphatic carbocycles. The molecule has 2 N–H and O–H groups in total. The van der Waals surface area contributed by atoms with Gasteiger partial charge in [-0.25, -0.2) is 0 Å². The molecule has 2 aromatic rings. The fraction of sp³-hybridized carbons (Fsp3) is 0.0833. The lowest BCUT2D eigenvalue weighted by atomic mass is 10.2. The monoisotopic (exact) mass is 234 g/mol. The summed E-state index contributed by atoms with van der Waals surface area (Å²) in [5.74, 6) is -0.176. The minimum atomic E-state index is -0.176. The zero-order chi connectivity index (χ0) is 11.5. The second-order valence-electron chi connectivity index (χ2n) is 3.50. The summed E-state index contributed by atoms with van der Waals surface area (Å²) in [5.41, 5.74) is 2.20. The van der Waals surface area contributed by atoms with E-state index in [1.807, 2.05) is 19.1 Å². The molecule has 4 heteroatoms. The number of halogens is 1. The van der Waals surface area contributed by atoms with Gasteiger partial charge in [0.05, 0.1) is 0 Å². The molecule has 0 saturated heterocycles. The Kier molecular flexibility index (Phi) is 2.97. The molecule has 0 unspecified atom stereocenters. The Bertz CT molecular complexity index is 506. The SMILES string of the molecule is Cc1ccc(NC(=O)c2ccc[nH]2)cc1Cl. The first kappa shape index (κ1) is 10.8. The van der Waals surface area contributed by atoms with Gasteiger partial charge in [0.15, 0.2) is 0 Å². The maximum absolute atomic E-state index is 11.7. The van der Waals surface area contributed by atoms with Gasteiger partial charge in [-0.3, -0.25) is 4.79 Å². The fourth-order valence-electron chi connectivity index (χ4n) is 1.34. The Morgan fingerprint density at radius 1 is 1.38 bits per heavy atom. The highest BCUT2D eigenvalue weighted by atomic mass is 35.5. The van der Waals surface area contributed by atoms with Crippen LogP contribution in [0.15, 0.2) is 36.5 Å². The van der Waals surface area contributed by atoms with Gasteiger partial charge in [0, 0.05) is 16.9 Å². The summed E-state index contributed by atoms with van der Waals surface area (Å²) in [6, 6.07) is 8.91. The van der Waals surface area contributed by atoms with E-state index >= 15 is 0 Å². The van der Waals surface area contributed by atoms with Gasteiger partial charge in [0.25, 0.3) is 5.91 Å². The van der Waals surface area contributed by atoms with E-state index in [-0.39, 0.29) is 5.91 Å².